The van der Waals surface area contributed by atoms with Gasteiger partial charge in [0.05, 0.1) is 0 Å². The normalized spacial score (nSPS) is 15.4. The summed E-state index contributed by atoms with van der Waals surface area (Å²) in [5, 5.41) is 12.0. The molecule has 0 bridgehead atoms. The maximum atomic E-state index is 12.7. The number of rotatable bonds is 9. The van der Waals surface area contributed by atoms with Crippen LogP contribution in [0.3, 0.4) is 0 Å². The van der Waals surface area contributed by atoms with Gasteiger partial charge < -0.3 is 4.52 Å². The Morgan fingerprint density at radius 1 is 1.07 bits per heavy atom. The van der Waals surface area contributed by atoms with Gasteiger partial charge in [-0.3, -0.25) is 5.32 Å². The number of benzene rings is 1. The Morgan fingerprint density at radius 3 is 2.39 bits per heavy atom. The van der Waals surface area contributed by atoms with E-state index in [1.807, 2.05) is 20.8 Å². The van der Waals surface area contributed by atoms with Gasteiger partial charge in [-0.1, -0.05) is 25.9 Å². The van der Waals surface area contributed by atoms with Crippen molar-refractivity contribution in [2.24, 2.45) is 0 Å². The van der Waals surface area contributed by atoms with Gasteiger partial charge >= 0.3 is 187 Å². The average molecular weight is 677 g/mol. The second-order valence-electron chi connectivity index (χ2n) is 10.9. The fraction of sp³-hybridized carbons (Fsp3) is 0.393. The van der Waals surface area contributed by atoms with Crippen molar-refractivity contribution < 1.29 is 43.6 Å². The van der Waals surface area contributed by atoms with Crippen molar-refractivity contribution in [2.45, 2.75) is 36.5 Å². The van der Waals surface area contributed by atoms with Gasteiger partial charge in [0.1, 0.15) is 5.76 Å². The van der Waals surface area contributed by atoms with Gasteiger partial charge in [-0.15, -0.1) is 0 Å². The molecule has 1 atom stereocenters. The van der Waals surface area contributed by atoms with Crippen LogP contribution < -0.4 is 40.6 Å². The SMILES string of the molecule is CN(C)C(=O)CN1CCC([I-]Oc2ccc(C(=O)Nc3ccc(NC(=O)Nc4cc(C(C)(C)C)on4)cc3)nc2)C1. The molecule has 13 heteroatoms. The first kappa shape index (κ1) is 30.2. The number of anilines is 3. The number of hydrogen-bond acceptors (Lipinski definition) is 8. The Morgan fingerprint density at radius 2 is 1.78 bits per heavy atom. The van der Waals surface area contributed by atoms with E-state index in [0.29, 0.717) is 39.2 Å². The fourth-order valence-corrected chi connectivity index (χ4v) is 5.97. The van der Waals surface area contributed by atoms with Crippen LogP contribution in [-0.2, 0) is 10.2 Å². The zero-order valence-corrected chi connectivity index (χ0v) is 25.9. The van der Waals surface area contributed by atoms with E-state index in [2.05, 4.69) is 31.0 Å². The topological polar surface area (TPSA) is 142 Å². The van der Waals surface area contributed by atoms with Crippen molar-refractivity contribution in [1.29, 1.82) is 0 Å². The van der Waals surface area contributed by atoms with E-state index >= 15 is 0 Å². The first-order valence-electron chi connectivity index (χ1n) is 13.1. The summed E-state index contributed by atoms with van der Waals surface area (Å²) >= 11 is -0.571. The summed E-state index contributed by atoms with van der Waals surface area (Å²) in [6, 6.07) is 11.3. The van der Waals surface area contributed by atoms with Gasteiger partial charge in [-0.25, -0.2) is 4.79 Å². The molecule has 0 spiro atoms. The summed E-state index contributed by atoms with van der Waals surface area (Å²) in [5.41, 5.74) is 1.13. The van der Waals surface area contributed by atoms with Crippen LogP contribution in [0.1, 0.15) is 43.4 Å². The molecule has 0 radical (unpaired) electrons. The van der Waals surface area contributed by atoms with Crippen LogP contribution in [0.4, 0.5) is 22.0 Å². The van der Waals surface area contributed by atoms with E-state index in [4.69, 9.17) is 7.59 Å². The van der Waals surface area contributed by atoms with E-state index < -0.39 is 27.7 Å². The number of likely N-dealkylation sites (N-methyl/N-ethyl adjacent to an activating group) is 1. The van der Waals surface area contributed by atoms with Gasteiger partial charge in [0, 0.05) is 11.5 Å². The van der Waals surface area contributed by atoms with E-state index in [-0.39, 0.29) is 22.9 Å². The zero-order chi connectivity index (χ0) is 29.6. The molecule has 1 fully saturated rings. The van der Waals surface area contributed by atoms with Crippen LogP contribution >= 0.6 is 0 Å². The summed E-state index contributed by atoms with van der Waals surface area (Å²) < 4.78 is 11.7. The molecular formula is C28H35IN7O5-. The van der Waals surface area contributed by atoms with Gasteiger partial charge in [0.2, 0.25) is 0 Å². The van der Waals surface area contributed by atoms with Crippen LogP contribution in [0.2, 0.25) is 0 Å². The van der Waals surface area contributed by atoms with Crippen LogP contribution in [0.15, 0.2) is 53.2 Å². The number of nitrogens with zero attached hydrogens (tertiary/aromatic N) is 4. The monoisotopic (exact) mass is 676 g/mol. The molecule has 3 N–H and O–H groups in total. The van der Waals surface area contributed by atoms with Crippen molar-refractivity contribution in [3.05, 3.63) is 60.1 Å². The number of carbonyl (C=O) groups is 3. The molecule has 220 valence electrons. The molecule has 3 heterocycles. The first-order chi connectivity index (χ1) is 19.5. The predicted octanol–water partition coefficient (Wildman–Crippen LogP) is 0.809. The van der Waals surface area contributed by atoms with Gasteiger partial charge in [-0.2, -0.15) is 0 Å². The van der Waals surface area contributed by atoms with Crippen molar-refractivity contribution >= 4 is 35.0 Å². The minimum absolute atomic E-state index is 0.108. The fourth-order valence-electron chi connectivity index (χ4n) is 3.81. The maximum absolute atomic E-state index is 12.7. The molecule has 2 aromatic heterocycles. The Labute approximate surface area is 250 Å². The van der Waals surface area contributed by atoms with Crippen molar-refractivity contribution in [1.82, 2.24) is 19.9 Å². The van der Waals surface area contributed by atoms with Crippen LogP contribution in [0.5, 0.6) is 5.75 Å². The number of likely N-dealkylation sites (tertiary alicyclic amines) is 1. The quantitative estimate of drug-likeness (QED) is 0.224. The number of nitrogens with one attached hydrogen (secondary N) is 3. The zero-order valence-electron chi connectivity index (χ0n) is 23.7. The molecular weight excluding hydrogens is 641 g/mol. The van der Waals surface area contributed by atoms with E-state index in [9.17, 15) is 14.4 Å². The third-order valence-corrected chi connectivity index (χ3v) is 8.69. The Balaban J connectivity index is 1.21. The Kier molecular flexibility index (Phi) is 9.81. The van der Waals surface area contributed by atoms with Crippen LogP contribution in [-0.4, -0.2) is 75.4 Å². The molecule has 4 amide bonds. The van der Waals surface area contributed by atoms with E-state index in [1.165, 1.54) is 0 Å². The van der Waals surface area contributed by atoms with Crippen molar-refractivity contribution in [2.75, 3.05) is 49.7 Å². The number of hydrogen-bond donors (Lipinski definition) is 3. The summed E-state index contributed by atoms with van der Waals surface area (Å²) in [6.07, 6.45) is 2.57. The molecule has 0 saturated carbocycles. The van der Waals surface area contributed by atoms with E-state index in [1.54, 1.807) is 67.7 Å². The molecule has 1 aliphatic heterocycles. The minimum atomic E-state index is -0.571. The number of halogens is 1. The van der Waals surface area contributed by atoms with E-state index in [0.717, 1.165) is 19.5 Å². The summed E-state index contributed by atoms with van der Waals surface area (Å²) in [7, 11) is 3.54. The summed E-state index contributed by atoms with van der Waals surface area (Å²) in [4.78, 5) is 44.9. The number of carbonyl (C=O) groups excluding carboxylic acids is 3. The van der Waals surface area contributed by atoms with Gasteiger partial charge in [-0.05, 0) is 0 Å². The second kappa shape index (κ2) is 13.3. The molecule has 3 aromatic rings. The molecule has 1 aromatic carbocycles. The Bertz CT molecular complexity index is 1350. The van der Waals surface area contributed by atoms with Crippen LogP contribution in [0, 0.1) is 0 Å². The number of alkyl halides is 1. The average Bonchev–Trinajstić information content (AvgIpc) is 3.58. The summed E-state index contributed by atoms with van der Waals surface area (Å²) in [6.45, 7) is 8.17. The molecule has 1 saturated heterocycles. The van der Waals surface area contributed by atoms with Gasteiger partial charge in [0.15, 0.2) is 5.82 Å². The Hall–Kier alpha value is -3.72. The molecule has 12 nitrogen and oxygen atoms in total. The first-order valence-corrected chi connectivity index (χ1v) is 15.2. The third-order valence-electron chi connectivity index (χ3n) is 6.19. The molecule has 4 rings (SSSR count). The standard InChI is InChI=1S/C28H35IN7O5/c1-28(2,3)23-14-24(34-41-23)33-27(39)32-20-8-6-19(7-9-20)31-26(38)22-11-10-21(15-30-22)40-29-18-12-13-36(16-18)17-25(37)35(4)5/h6-11,14-15,18H,12-13,16-17H2,1-5H3,(H,31,38)(H2,32,33,34,39)/q-1. The van der Waals surface area contributed by atoms with Crippen molar-refractivity contribution in [3.63, 3.8) is 0 Å². The van der Waals surface area contributed by atoms with Crippen LogP contribution in [0.25, 0.3) is 0 Å². The predicted molar refractivity (Wildman–Crippen MR) is 151 cm³/mol. The summed E-state index contributed by atoms with van der Waals surface area (Å²) in [5.74, 6) is 1.36. The second-order valence-corrected chi connectivity index (χ2v) is 13.6. The number of urea groups is 1. The molecule has 0 aliphatic carbocycles. The van der Waals surface area contributed by atoms with Gasteiger partial charge in [0.25, 0.3) is 0 Å². The number of aromatic nitrogens is 2. The molecule has 1 unspecified atom stereocenters. The molecule has 41 heavy (non-hydrogen) atoms. The third kappa shape index (κ3) is 8.88. The number of amides is 4. The molecule has 1 aliphatic rings. The number of pyridine rings is 1. The van der Waals surface area contributed by atoms with Crippen molar-refractivity contribution in [3.8, 4) is 5.75 Å².